The van der Waals surface area contributed by atoms with Gasteiger partial charge in [0.1, 0.15) is 16.5 Å². The van der Waals surface area contributed by atoms with Crippen molar-refractivity contribution in [1.29, 1.82) is 0 Å². The van der Waals surface area contributed by atoms with Gasteiger partial charge in [0, 0.05) is 11.3 Å². The molecule has 2 rings (SSSR count). The molecule has 0 aliphatic rings. The number of hydrogen-bond donors (Lipinski definition) is 0. The third-order valence-corrected chi connectivity index (χ3v) is 4.66. The summed E-state index contributed by atoms with van der Waals surface area (Å²) in [6, 6.07) is 12.8. The lowest BCUT2D eigenvalue weighted by Gasteiger charge is -2.12. The van der Waals surface area contributed by atoms with Gasteiger partial charge in [0.05, 0.1) is 10.8 Å². The molecule has 2 nitrogen and oxygen atoms in total. The van der Waals surface area contributed by atoms with Crippen molar-refractivity contribution in [3.05, 3.63) is 58.1 Å². The van der Waals surface area contributed by atoms with Crippen LogP contribution in [0.5, 0.6) is 11.5 Å². The molecule has 0 N–H and O–H groups in total. The molecule has 0 fully saturated rings. The average molecular weight is 362 g/mol. The lowest BCUT2D eigenvalue weighted by Crippen LogP contribution is -1.94. The van der Waals surface area contributed by atoms with Gasteiger partial charge in [-0.05, 0) is 29.8 Å². The maximum absolute atomic E-state index is 10.8. The number of ether oxygens (including phenoxy) is 1. The minimum absolute atomic E-state index is 0.258. The van der Waals surface area contributed by atoms with Gasteiger partial charge in [-0.2, -0.15) is 0 Å². The van der Waals surface area contributed by atoms with Crippen LogP contribution in [0.4, 0.5) is 0 Å². The third kappa shape index (κ3) is 4.82. The van der Waals surface area contributed by atoms with Gasteiger partial charge in [0.25, 0.3) is 0 Å². The smallest absolute Gasteiger partial charge is 0.231 e. The zero-order valence-electron chi connectivity index (χ0n) is 10.8. The molecule has 2 aromatic rings. The SMILES string of the molecule is O=C(Cl)CSCc1ccccc1Oc1cccc(Cl)c1Cl. The van der Waals surface area contributed by atoms with E-state index in [-0.39, 0.29) is 11.0 Å². The van der Waals surface area contributed by atoms with Crippen molar-refractivity contribution in [2.45, 2.75) is 5.75 Å². The lowest BCUT2D eigenvalue weighted by molar-refractivity contribution is -0.109. The van der Waals surface area contributed by atoms with Crippen LogP contribution >= 0.6 is 46.6 Å². The van der Waals surface area contributed by atoms with Crippen LogP contribution in [0.2, 0.25) is 10.0 Å². The number of thioether (sulfide) groups is 1. The predicted octanol–water partition coefficient (Wildman–Crippen LogP) is 5.78. The Morgan fingerprint density at radius 3 is 2.52 bits per heavy atom. The second-order valence-corrected chi connectivity index (χ2v) is 6.30. The van der Waals surface area contributed by atoms with E-state index in [1.807, 2.05) is 24.3 Å². The first-order chi connectivity index (χ1) is 10.1. The van der Waals surface area contributed by atoms with Crippen LogP contribution in [-0.4, -0.2) is 11.0 Å². The summed E-state index contributed by atoms with van der Waals surface area (Å²) in [6.07, 6.45) is 0. The van der Waals surface area contributed by atoms with E-state index >= 15 is 0 Å². The molecule has 6 heteroatoms. The highest BCUT2D eigenvalue weighted by Crippen LogP contribution is 2.36. The van der Waals surface area contributed by atoms with E-state index in [1.54, 1.807) is 18.2 Å². The largest absolute Gasteiger partial charge is 0.455 e. The van der Waals surface area contributed by atoms with Crippen LogP contribution in [0.1, 0.15) is 5.56 Å². The number of carbonyl (C=O) groups excluding carboxylic acids is 1. The number of hydrogen-bond acceptors (Lipinski definition) is 3. The van der Waals surface area contributed by atoms with Crippen LogP contribution in [-0.2, 0) is 10.5 Å². The summed E-state index contributed by atoms with van der Waals surface area (Å²) < 4.78 is 5.83. The van der Waals surface area contributed by atoms with Gasteiger partial charge in [0.2, 0.25) is 5.24 Å². The Kier molecular flexibility index (Phi) is 6.24. The summed E-state index contributed by atoms with van der Waals surface area (Å²) in [4.78, 5) is 10.8. The van der Waals surface area contributed by atoms with Crippen LogP contribution in [0.25, 0.3) is 0 Å². The zero-order chi connectivity index (χ0) is 15.2. The van der Waals surface area contributed by atoms with E-state index in [4.69, 9.17) is 39.5 Å². The Balaban J connectivity index is 2.16. The van der Waals surface area contributed by atoms with E-state index in [9.17, 15) is 4.79 Å². The number of rotatable bonds is 6. The van der Waals surface area contributed by atoms with Crippen LogP contribution < -0.4 is 4.74 Å². The molecule has 0 saturated heterocycles. The van der Waals surface area contributed by atoms with E-state index in [2.05, 4.69) is 0 Å². The molecule has 0 amide bonds. The molecule has 0 spiro atoms. The molecule has 0 saturated carbocycles. The van der Waals surface area contributed by atoms with Gasteiger partial charge in [0.15, 0.2) is 0 Å². The zero-order valence-corrected chi connectivity index (χ0v) is 13.9. The summed E-state index contributed by atoms with van der Waals surface area (Å²) in [7, 11) is 0. The monoisotopic (exact) mass is 360 g/mol. The second-order valence-electron chi connectivity index (χ2n) is 4.11. The fraction of sp³-hybridized carbons (Fsp3) is 0.133. The van der Waals surface area contributed by atoms with Gasteiger partial charge in [-0.25, -0.2) is 0 Å². The summed E-state index contributed by atoms with van der Waals surface area (Å²) in [5.41, 5.74) is 0.955. The van der Waals surface area contributed by atoms with Crippen molar-refractivity contribution in [3.8, 4) is 11.5 Å². The van der Waals surface area contributed by atoms with E-state index < -0.39 is 0 Å². The van der Waals surface area contributed by atoms with Gasteiger partial charge >= 0.3 is 0 Å². The molecule has 0 aromatic heterocycles. The Labute approximate surface area is 142 Å². The van der Waals surface area contributed by atoms with Gasteiger partial charge in [-0.1, -0.05) is 47.5 Å². The minimum Gasteiger partial charge on any atom is -0.455 e. The second kappa shape index (κ2) is 7.95. The maximum atomic E-state index is 10.8. The Bertz CT molecular complexity index is 647. The van der Waals surface area contributed by atoms with Crippen molar-refractivity contribution < 1.29 is 9.53 Å². The molecule has 0 heterocycles. The van der Waals surface area contributed by atoms with Gasteiger partial charge < -0.3 is 4.74 Å². The quantitative estimate of drug-likeness (QED) is 0.610. The highest BCUT2D eigenvalue weighted by molar-refractivity contribution is 7.99. The van der Waals surface area contributed by atoms with E-state index in [1.165, 1.54) is 11.8 Å². The highest BCUT2D eigenvalue weighted by Gasteiger charge is 2.10. The standard InChI is InChI=1S/C15H11Cl3O2S/c16-11-5-3-7-13(15(11)18)20-12-6-2-1-4-10(12)8-21-9-14(17)19/h1-7H,8-9H2. The van der Waals surface area contributed by atoms with E-state index in [0.717, 1.165) is 5.56 Å². The topological polar surface area (TPSA) is 26.3 Å². The molecular weight excluding hydrogens is 351 g/mol. The normalized spacial score (nSPS) is 10.4. The molecule has 0 bridgehead atoms. The summed E-state index contributed by atoms with van der Waals surface area (Å²) >= 11 is 18.8. The molecular formula is C15H11Cl3O2S. The van der Waals surface area contributed by atoms with Gasteiger partial charge in [-0.3, -0.25) is 4.79 Å². The Hall–Kier alpha value is -0.870. The highest BCUT2D eigenvalue weighted by atomic mass is 35.5. The molecule has 0 aliphatic carbocycles. The number of benzene rings is 2. The maximum Gasteiger partial charge on any atom is 0.231 e. The van der Waals surface area contributed by atoms with Crippen LogP contribution in [0, 0.1) is 0 Å². The summed E-state index contributed by atoms with van der Waals surface area (Å²) in [5, 5.41) is 0.447. The molecule has 2 aromatic carbocycles. The van der Waals surface area contributed by atoms with E-state index in [0.29, 0.717) is 27.3 Å². The number of para-hydroxylation sites is 1. The molecule has 21 heavy (non-hydrogen) atoms. The Morgan fingerprint density at radius 2 is 1.76 bits per heavy atom. The average Bonchev–Trinajstić information content (AvgIpc) is 2.45. The van der Waals surface area contributed by atoms with Crippen molar-refractivity contribution in [2.75, 3.05) is 5.75 Å². The lowest BCUT2D eigenvalue weighted by atomic mass is 10.2. The van der Waals surface area contributed by atoms with Crippen molar-refractivity contribution in [3.63, 3.8) is 0 Å². The summed E-state index contributed by atoms with van der Waals surface area (Å²) in [5.74, 6) is 2.05. The van der Waals surface area contributed by atoms with Crippen LogP contribution in [0.15, 0.2) is 42.5 Å². The Morgan fingerprint density at radius 1 is 1.05 bits per heavy atom. The first-order valence-electron chi connectivity index (χ1n) is 6.04. The van der Waals surface area contributed by atoms with Crippen molar-refractivity contribution in [1.82, 2.24) is 0 Å². The van der Waals surface area contributed by atoms with Gasteiger partial charge in [-0.15, -0.1) is 11.8 Å². The first-order valence-corrected chi connectivity index (χ1v) is 8.32. The third-order valence-electron chi connectivity index (χ3n) is 2.58. The van der Waals surface area contributed by atoms with Crippen molar-refractivity contribution in [2.24, 2.45) is 0 Å². The molecule has 0 radical (unpaired) electrons. The molecule has 110 valence electrons. The molecule has 0 unspecified atom stereocenters. The number of halogens is 3. The predicted molar refractivity (Wildman–Crippen MR) is 90.0 cm³/mol. The molecule has 0 atom stereocenters. The minimum atomic E-state index is -0.365. The first kappa shape index (κ1) is 16.5. The summed E-state index contributed by atoms with van der Waals surface area (Å²) in [6.45, 7) is 0. The fourth-order valence-electron chi connectivity index (χ4n) is 1.65. The fourth-order valence-corrected chi connectivity index (χ4v) is 2.93. The number of carbonyl (C=O) groups is 1. The molecule has 0 aliphatic heterocycles. The van der Waals surface area contributed by atoms with Crippen molar-refractivity contribution >= 4 is 51.8 Å². The van der Waals surface area contributed by atoms with Crippen LogP contribution in [0.3, 0.4) is 0 Å².